The molecule has 2 atom stereocenters. The molecule has 29 heavy (non-hydrogen) atoms. The van der Waals surface area contributed by atoms with E-state index in [0.717, 1.165) is 24.0 Å². The van der Waals surface area contributed by atoms with Gasteiger partial charge < -0.3 is 15.0 Å². The summed E-state index contributed by atoms with van der Waals surface area (Å²) in [4.78, 5) is 26.9. The van der Waals surface area contributed by atoms with Gasteiger partial charge in [0, 0.05) is 24.2 Å². The third-order valence-electron chi connectivity index (χ3n) is 5.66. The van der Waals surface area contributed by atoms with Crippen LogP contribution in [0, 0.1) is 6.92 Å². The Morgan fingerprint density at radius 2 is 1.69 bits per heavy atom. The van der Waals surface area contributed by atoms with E-state index in [4.69, 9.17) is 4.74 Å². The van der Waals surface area contributed by atoms with Gasteiger partial charge in [0.1, 0.15) is 5.75 Å². The highest BCUT2D eigenvalue weighted by Gasteiger charge is 2.28. The van der Waals surface area contributed by atoms with Gasteiger partial charge in [0.2, 0.25) is 0 Å². The molecule has 0 saturated carbocycles. The number of benzene rings is 2. The molecule has 0 bridgehead atoms. The summed E-state index contributed by atoms with van der Waals surface area (Å²) in [5.74, 6) is 0.475. The number of likely N-dealkylation sites (tertiary alicyclic amines) is 1. The largest absolute Gasteiger partial charge is 0.484 e. The standard InChI is InChI=1S/C24H30N2O3/c1-17-7-4-5-10-21(17)15-25-24(28)20-11-13-22(14-12-20)29-16-23(27)26-18(2)8-6-9-19(26)3/h4-5,7,10-14,18-19H,6,8-9,15-16H2,1-3H3,(H,25,28). The first kappa shape index (κ1) is 20.9. The van der Waals surface area contributed by atoms with Gasteiger partial charge in [0.25, 0.3) is 11.8 Å². The lowest BCUT2D eigenvalue weighted by Gasteiger charge is -2.38. The van der Waals surface area contributed by atoms with E-state index >= 15 is 0 Å². The number of amides is 2. The van der Waals surface area contributed by atoms with E-state index in [2.05, 4.69) is 19.2 Å². The first-order chi connectivity index (χ1) is 14.0. The molecule has 0 aliphatic carbocycles. The molecule has 1 N–H and O–H groups in total. The number of aryl methyl sites for hydroxylation is 1. The maximum atomic E-state index is 12.6. The second-order valence-electron chi connectivity index (χ2n) is 7.85. The highest BCUT2D eigenvalue weighted by atomic mass is 16.5. The Morgan fingerprint density at radius 1 is 1.03 bits per heavy atom. The molecular weight excluding hydrogens is 364 g/mol. The van der Waals surface area contributed by atoms with Crippen molar-refractivity contribution in [3.63, 3.8) is 0 Å². The van der Waals surface area contributed by atoms with Crippen LogP contribution in [0.25, 0.3) is 0 Å². The van der Waals surface area contributed by atoms with Gasteiger partial charge in [-0.2, -0.15) is 0 Å². The number of carbonyl (C=O) groups is 2. The molecule has 5 nitrogen and oxygen atoms in total. The fourth-order valence-electron chi connectivity index (χ4n) is 3.92. The molecule has 2 aromatic carbocycles. The zero-order valence-corrected chi connectivity index (χ0v) is 17.5. The quantitative estimate of drug-likeness (QED) is 0.803. The van der Waals surface area contributed by atoms with Crippen molar-refractivity contribution in [1.29, 1.82) is 0 Å². The lowest BCUT2D eigenvalue weighted by atomic mass is 9.97. The van der Waals surface area contributed by atoms with Gasteiger partial charge in [0.15, 0.2) is 6.61 Å². The van der Waals surface area contributed by atoms with Crippen LogP contribution in [-0.4, -0.2) is 35.4 Å². The molecule has 5 heteroatoms. The predicted molar refractivity (Wildman–Crippen MR) is 114 cm³/mol. The van der Waals surface area contributed by atoms with Gasteiger partial charge in [0.05, 0.1) is 0 Å². The minimum absolute atomic E-state index is 0.0183. The van der Waals surface area contributed by atoms with Crippen molar-refractivity contribution in [2.45, 2.75) is 58.7 Å². The van der Waals surface area contributed by atoms with Crippen LogP contribution in [0.3, 0.4) is 0 Å². The number of hydrogen-bond acceptors (Lipinski definition) is 3. The van der Waals surface area contributed by atoms with Crippen LogP contribution in [0.15, 0.2) is 48.5 Å². The fraction of sp³-hybridized carbons (Fsp3) is 0.417. The zero-order chi connectivity index (χ0) is 20.8. The van der Waals surface area contributed by atoms with Crippen LogP contribution in [0.4, 0.5) is 0 Å². The van der Waals surface area contributed by atoms with Crippen LogP contribution >= 0.6 is 0 Å². The van der Waals surface area contributed by atoms with Crippen molar-refractivity contribution in [1.82, 2.24) is 10.2 Å². The highest BCUT2D eigenvalue weighted by Crippen LogP contribution is 2.23. The molecule has 1 aliphatic rings. The number of rotatable bonds is 6. The molecule has 2 amide bonds. The van der Waals surface area contributed by atoms with Gasteiger partial charge in [-0.1, -0.05) is 24.3 Å². The molecule has 2 aromatic rings. The van der Waals surface area contributed by atoms with Crippen molar-refractivity contribution in [2.24, 2.45) is 0 Å². The molecule has 1 fully saturated rings. The Bertz CT molecular complexity index is 837. The van der Waals surface area contributed by atoms with E-state index in [1.807, 2.05) is 36.1 Å². The Kier molecular flexibility index (Phi) is 6.91. The monoisotopic (exact) mass is 394 g/mol. The van der Waals surface area contributed by atoms with Gasteiger partial charge in [-0.15, -0.1) is 0 Å². The number of piperidine rings is 1. The van der Waals surface area contributed by atoms with E-state index < -0.39 is 0 Å². The average molecular weight is 395 g/mol. The Morgan fingerprint density at radius 3 is 2.34 bits per heavy atom. The predicted octanol–water partition coefficient (Wildman–Crippen LogP) is 4.09. The maximum absolute atomic E-state index is 12.6. The summed E-state index contributed by atoms with van der Waals surface area (Å²) in [5.41, 5.74) is 2.81. The molecule has 0 spiro atoms. The van der Waals surface area contributed by atoms with Crippen molar-refractivity contribution in [3.05, 3.63) is 65.2 Å². The second-order valence-corrected chi connectivity index (χ2v) is 7.85. The van der Waals surface area contributed by atoms with Crippen molar-refractivity contribution >= 4 is 11.8 Å². The van der Waals surface area contributed by atoms with Crippen LogP contribution < -0.4 is 10.1 Å². The van der Waals surface area contributed by atoms with Gasteiger partial charge >= 0.3 is 0 Å². The van der Waals surface area contributed by atoms with Crippen LogP contribution in [-0.2, 0) is 11.3 Å². The SMILES string of the molecule is Cc1ccccc1CNC(=O)c1ccc(OCC(=O)N2C(C)CCCC2C)cc1. The third-order valence-corrected chi connectivity index (χ3v) is 5.66. The lowest BCUT2D eigenvalue weighted by Crippen LogP contribution is -2.49. The Balaban J connectivity index is 1.51. The van der Waals surface area contributed by atoms with Crippen LogP contribution in [0.1, 0.15) is 54.6 Å². The van der Waals surface area contributed by atoms with Crippen LogP contribution in [0.5, 0.6) is 5.75 Å². The van der Waals surface area contributed by atoms with Gasteiger partial charge in [-0.3, -0.25) is 9.59 Å². The maximum Gasteiger partial charge on any atom is 0.260 e. The number of carbonyl (C=O) groups excluding carboxylic acids is 2. The van der Waals surface area contributed by atoms with E-state index in [-0.39, 0.29) is 30.5 Å². The molecule has 154 valence electrons. The first-order valence-electron chi connectivity index (χ1n) is 10.3. The summed E-state index contributed by atoms with van der Waals surface area (Å²) in [6.07, 6.45) is 3.26. The number of ether oxygens (including phenoxy) is 1. The summed E-state index contributed by atoms with van der Waals surface area (Å²) in [6.45, 7) is 6.73. The summed E-state index contributed by atoms with van der Waals surface area (Å²) in [5, 5.41) is 2.94. The molecule has 0 aromatic heterocycles. The van der Waals surface area contributed by atoms with Gasteiger partial charge in [-0.05, 0) is 75.4 Å². The van der Waals surface area contributed by atoms with Crippen molar-refractivity contribution in [2.75, 3.05) is 6.61 Å². The minimum Gasteiger partial charge on any atom is -0.484 e. The topological polar surface area (TPSA) is 58.6 Å². The summed E-state index contributed by atoms with van der Waals surface area (Å²) >= 11 is 0. The number of hydrogen-bond donors (Lipinski definition) is 1. The number of nitrogens with one attached hydrogen (secondary N) is 1. The smallest absolute Gasteiger partial charge is 0.260 e. The molecule has 1 aliphatic heterocycles. The molecule has 1 saturated heterocycles. The van der Waals surface area contributed by atoms with E-state index in [0.29, 0.717) is 17.9 Å². The summed E-state index contributed by atoms with van der Waals surface area (Å²) in [6, 6.07) is 15.4. The van der Waals surface area contributed by atoms with E-state index in [9.17, 15) is 9.59 Å². The highest BCUT2D eigenvalue weighted by molar-refractivity contribution is 5.94. The van der Waals surface area contributed by atoms with Crippen LogP contribution in [0.2, 0.25) is 0 Å². The lowest BCUT2D eigenvalue weighted by molar-refractivity contribution is -0.139. The molecule has 2 unspecified atom stereocenters. The normalized spacial score (nSPS) is 18.9. The molecule has 1 heterocycles. The zero-order valence-electron chi connectivity index (χ0n) is 17.5. The summed E-state index contributed by atoms with van der Waals surface area (Å²) < 4.78 is 5.67. The minimum atomic E-state index is -0.133. The second kappa shape index (κ2) is 9.59. The first-order valence-corrected chi connectivity index (χ1v) is 10.3. The van der Waals surface area contributed by atoms with E-state index in [1.54, 1.807) is 24.3 Å². The molecule has 0 radical (unpaired) electrons. The van der Waals surface area contributed by atoms with Gasteiger partial charge in [-0.25, -0.2) is 0 Å². The Labute approximate surface area is 173 Å². The molecular formula is C24H30N2O3. The van der Waals surface area contributed by atoms with Crippen molar-refractivity contribution < 1.29 is 14.3 Å². The average Bonchev–Trinajstić information content (AvgIpc) is 2.71. The Hall–Kier alpha value is -2.82. The number of nitrogens with zero attached hydrogens (tertiary/aromatic N) is 1. The van der Waals surface area contributed by atoms with E-state index in [1.165, 1.54) is 6.42 Å². The molecule has 3 rings (SSSR count). The van der Waals surface area contributed by atoms with Crippen molar-refractivity contribution in [3.8, 4) is 5.75 Å². The fourth-order valence-corrected chi connectivity index (χ4v) is 3.92. The third kappa shape index (κ3) is 5.37. The summed E-state index contributed by atoms with van der Waals surface area (Å²) in [7, 11) is 0.